The first-order valence-electron chi connectivity index (χ1n) is 10.1. The van der Waals surface area contributed by atoms with Crippen molar-refractivity contribution in [2.75, 3.05) is 13.7 Å². The summed E-state index contributed by atoms with van der Waals surface area (Å²) in [5.74, 6) is -1.63. The molecule has 0 spiro atoms. The third kappa shape index (κ3) is 3.98. The highest BCUT2D eigenvalue weighted by Crippen LogP contribution is 2.33. The Morgan fingerprint density at radius 3 is 2.53 bits per heavy atom. The summed E-state index contributed by atoms with van der Waals surface area (Å²) < 4.78 is 21.6. The summed E-state index contributed by atoms with van der Waals surface area (Å²) in [5, 5.41) is 19.9. The van der Waals surface area contributed by atoms with E-state index in [0.717, 1.165) is 0 Å². The molecule has 1 atom stereocenters. The highest BCUT2D eigenvalue weighted by Gasteiger charge is 2.32. The Morgan fingerprint density at radius 1 is 1.28 bits per heavy atom. The van der Waals surface area contributed by atoms with Crippen LogP contribution in [0.3, 0.4) is 0 Å². The lowest BCUT2D eigenvalue weighted by molar-refractivity contribution is 0.0690. The highest BCUT2D eigenvalue weighted by atomic mass is 35.5. The SMILES string of the molecule is COc1cc2c(cc1Cc1cccc(Cl)c1F)c(=O)c(C(=O)O)cn2[C@](C)(CO)C(C)C. The van der Waals surface area contributed by atoms with E-state index in [1.807, 2.05) is 13.8 Å². The summed E-state index contributed by atoms with van der Waals surface area (Å²) in [6.45, 7) is 5.30. The van der Waals surface area contributed by atoms with Crippen molar-refractivity contribution in [1.29, 1.82) is 0 Å². The molecule has 2 aromatic carbocycles. The minimum Gasteiger partial charge on any atom is -0.496 e. The summed E-state index contributed by atoms with van der Waals surface area (Å²) >= 11 is 5.90. The number of methoxy groups -OCH3 is 1. The maximum absolute atomic E-state index is 14.5. The number of fused-ring (bicyclic) bond motifs is 1. The minimum atomic E-state index is -1.37. The van der Waals surface area contributed by atoms with Gasteiger partial charge in [-0.2, -0.15) is 0 Å². The topological polar surface area (TPSA) is 88.8 Å². The van der Waals surface area contributed by atoms with E-state index in [4.69, 9.17) is 16.3 Å². The van der Waals surface area contributed by atoms with Gasteiger partial charge >= 0.3 is 5.97 Å². The molecule has 8 heteroatoms. The number of nitrogens with zero attached hydrogens (tertiary/aromatic N) is 1. The van der Waals surface area contributed by atoms with Crippen LogP contribution in [-0.2, 0) is 12.0 Å². The number of aromatic nitrogens is 1. The molecule has 0 fully saturated rings. The Labute approximate surface area is 189 Å². The maximum Gasteiger partial charge on any atom is 0.341 e. The van der Waals surface area contributed by atoms with Crippen LogP contribution in [0.15, 0.2) is 41.3 Å². The zero-order valence-electron chi connectivity index (χ0n) is 18.3. The molecule has 170 valence electrons. The summed E-state index contributed by atoms with van der Waals surface area (Å²) in [7, 11) is 1.46. The molecule has 0 bridgehead atoms. The van der Waals surface area contributed by atoms with Crippen LogP contribution >= 0.6 is 11.6 Å². The minimum absolute atomic E-state index is 0.0200. The van der Waals surface area contributed by atoms with Crippen LogP contribution in [-0.4, -0.2) is 34.5 Å². The van der Waals surface area contributed by atoms with Crippen LogP contribution in [0.1, 0.15) is 42.3 Å². The van der Waals surface area contributed by atoms with Gasteiger partial charge in [-0.1, -0.05) is 37.6 Å². The van der Waals surface area contributed by atoms with Gasteiger partial charge in [0.15, 0.2) is 0 Å². The summed E-state index contributed by atoms with van der Waals surface area (Å²) in [4.78, 5) is 24.9. The molecule has 1 heterocycles. The van der Waals surface area contributed by atoms with Crippen molar-refractivity contribution in [2.45, 2.75) is 32.7 Å². The second kappa shape index (κ2) is 8.92. The number of hydrogen-bond acceptors (Lipinski definition) is 4. The lowest BCUT2D eigenvalue weighted by atomic mass is 9.87. The van der Waals surface area contributed by atoms with E-state index in [1.54, 1.807) is 29.7 Å². The Balaban J connectivity index is 2.37. The number of aliphatic hydroxyl groups is 1. The van der Waals surface area contributed by atoms with Gasteiger partial charge < -0.3 is 19.5 Å². The van der Waals surface area contributed by atoms with Gasteiger partial charge in [0.25, 0.3) is 0 Å². The lowest BCUT2D eigenvalue weighted by Gasteiger charge is -2.36. The number of pyridine rings is 1. The van der Waals surface area contributed by atoms with E-state index in [1.165, 1.54) is 25.4 Å². The van der Waals surface area contributed by atoms with Gasteiger partial charge in [-0.25, -0.2) is 9.18 Å². The first-order valence-corrected chi connectivity index (χ1v) is 10.5. The molecule has 2 N–H and O–H groups in total. The predicted molar refractivity (Wildman–Crippen MR) is 122 cm³/mol. The lowest BCUT2D eigenvalue weighted by Crippen LogP contribution is -2.41. The van der Waals surface area contributed by atoms with E-state index >= 15 is 0 Å². The largest absolute Gasteiger partial charge is 0.496 e. The number of aromatic carboxylic acids is 1. The summed E-state index contributed by atoms with van der Waals surface area (Å²) in [6.07, 6.45) is 1.35. The van der Waals surface area contributed by atoms with Crippen LogP contribution in [0, 0.1) is 11.7 Å². The zero-order chi connectivity index (χ0) is 23.8. The molecular weight excluding hydrogens is 437 g/mol. The number of aliphatic hydroxyl groups excluding tert-OH is 1. The number of carbonyl (C=O) groups is 1. The van der Waals surface area contributed by atoms with Gasteiger partial charge in [-0.05, 0) is 36.1 Å². The second-order valence-corrected chi connectivity index (χ2v) is 8.70. The van der Waals surface area contributed by atoms with Crippen molar-refractivity contribution in [3.63, 3.8) is 0 Å². The molecule has 3 rings (SSSR count). The van der Waals surface area contributed by atoms with Crippen LogP contribution < -0.4 is 10.2 Å². The number of rotatable bonds is 7. The summed E-state index contributed by atoms with van der Waals surface area (Å²) in [5.41, 5.74) is -0.736. The number of halogens is 2. The third-order valence-electron chi connectivity index (χ3n) is 6.16. The molecule has 0 amide bonds. The average Bonchev–Trinajstić information content (AvgIpc) is 2.76. The van der Waals surface area contributed by atoms with Gasteiger partial charge in [0.05, 0.1) is 29.8 Å². The predicted octanol–water partition coefficient (Wildman–Crippen LogP) is 4.46. The van der Waals surface area contributed by atoms with Crippen molar-refractivity contribution in [3.8, 4) is 5.75 Å². The van der Waals surface area contributed by atoms with E-state index in [-0.39, 0.29) is 29.4 Å². The van der Waals surface area contributed by atoms with Gasteiger partial charge in [-0.15, -0.1) is 0 Å². The third-order valence-corrected chi connectivity index (χ3v) is 6.45. The number of carboxylic acid groups (broad SMARTS) is 1. The van der Waals surface area contributed by atoms with Crippen molar-refractivity contribution >= 4 is 28.5 Å². The van der Waals surface area contributed by atoms with Gasteiger partial charge in [0, 0.05) is 24.1 Å². The molecule has 0 saturated carbocycles. The van der Waals surface area contributed by atoms with Gasteiger partial charge in [0.2, 0.25) is 5.43 Å². The Kier molecular flexibility index (Phi) is 6.62. The number of carboxylic acids is 1. The van der Waals surface area contributed by atoms with Crippen molar-refractivity contribution in [2.24, 2.45) is 5.92 Å². The second-order valence-electron chi connectivity index (χ2n) is 8.29. The fourth-order valence-electron chi connectivity index (χ4n) is 3.73. The monoisotopic (exact) mass is 461 g/mol. The van der Waals surface area contributed by atoms with Crippen molar-refractivity contribution < 1.29 is 24.1 Å². The molecule has 1 aromatic heterocycles. The summed E-state index contributed by atoms with van der Waals surface area (Å²) in [6, 6.07) is 7.79. The van der Waals surface area contributed by atoms with Gasteiger partial charge in [-0.3, -0.25) is 4.79 Å². The van der Waals surface area contributed by atoms with E-state index < -0.39 is 28.3 Å². The van der Waals surface area contributed by atoms with E-state index in [9.17, 15) is 24.2 Å². The van der Waals surface area contributed by atoms with Crippen LogP contribution in [0.5, 0.6) is 5.75 Å². The Hall–Kier alpha value is -2.90. The van der Waals surface area contributed by atoms with Gasteiger partial charge in [0.1, 0.15) is 17.1 Å². The Morgan fingerprint density at radius 2 is 1.97 bits per heavy atom. The molecular formula is C24H25ClFNO5. The zero-order valence-corrected chi connectivity index (χ0v) is 19.0. The quantitative estimate of drug-likeness (QED) is 0.542. The molecule has 32 heavy (non-hydrogen) atoms. The molecule has 0 unspecified atom stereocenters. The van der Waals surface area contributed by atoms with Crippen LogP contribution in [0.25, 0.3) is 10.9 Å². The normalized spacial score (nSPS) is 13.4. The smallest absolute Gasteiger partial charge is 0.341 e. The van der Waals surface area contributed by atoms with E-state index in [2.05, 4.69) is 0 Å². The standard InChI is InChI=1S/C24H25ClFNO5/c1-13(2)24(3,12-28)27-11-17(23(30)31)22(29)16-9-15(20(32-4)10-19(16)27)8-14-6-5-7-18(25)21(14)26/h5-7,9-11,13,28H,8,12H2,1-4H3,(H,30,31)/t24-/m1/s1. The number of hydrogen-bond donors (Lipinski definition) is 2. The van der Waals surface area contributed by atoms with E-state index in [0.29, 0.717) is 22.4 Å². The average molecular weight is 462 g/mol. The number of benzene rings is 2. The molecule has 0 aliphatic rings. The van der Waals surface area contributed by atoms with Crippen LogP contribution in [0.4, 0.5) is 4.39 Å². The molecule has 3 aromatic rings. The fourth-order valence-corrected chi connectivity index (χ4v) is 3.92. The van der Waals surface area contributed by atoms with Crippen molar-refractivity contribution in [3.05, 3.63) is 74.3 Å². The molecule has 0 aliphatic carbocycles. The fraction of sp³-hybridized carbons (Fsp3) is 0.333. The number of ether oxygens (including phenoxy) is 1. The van der Waals surface area contributed by atoms with Crippen molar-refractivity contribution in [1.82, 2.24) is 4.57 Å². The maximum atomic E-state index is 14.5. The van der Waals surface area contributed by atoms with Crippen LogP contribution in [0.2, 0.25) is 5.02 Å². The molecule has 6 nitrogen and oxygen atoms in total. The molecule has 0 aliphatic heterocycles. The first-order chi connectivity index (χ1) is 15.0. The highest BCUT2D eigenvalue weighted by molar-refractivity contribution is 6.30. The molecule has 0 radical (unpaired) electrons. The Bertz CT molecular complexity index is 1250. The molecule has 0 saturated heterocycles. The first kappa shape index (κ1) is 23.8.